The number of rotatable bonds is 8. The van der Waals surface area contributed by atoms with Gasteiger partial charge in [0.2, 0.25) is 0 Å². The fourth-order valence-electron chi connectivity index (χ4n) is 6.40. The highest BCUT2D eigenvalue weighted by molar-refractivity contribution is 5.95. The number of benzene rings is 6. The molecule has 0 aliphatic heterocycles. The van der Waals surface area contributed by atoms with Crippen LogP contribution in [-0.4, -0.2) is 23.9 Å². The molecule has 0 fully saturated rings. The summed E-state index contributed by atoms with van der Waals surface area (Å²) in [4.78, 5) is 53.1. The average molecular weight is 697 g/mol. The maximum Gasteiger partial charge on any atom is 0.343 e. The normalized spacial score (nSPS) is 12.8. The zero-order valence-electron chi connectivity index (χ0n) is 27.9. The topological polar surface area (TPSA) is 105 Å². The van der Waals surface area contributed by atoms with E-state index < -0.39 is 29.3 Å². The Morgan fingerprint density at radius 2 is 0.623 bits per heavy atom. The number of allylic oxidation sites excluding steroid dienone is 2. The van der Waals surface area contributed by atoms with Crippen LogP contribution in [0.3, 0.4) is 0 Å². The summed E-state index contributed by atoms with van der Waals surface area (Å²) >= 11 is 0. The summed E-state index contributed by atoms with van der Waals surface area (Å²) in [6.07, 6.45) is 7.70. The molecular formula is C45H28O8. The lowest BCUT2D eigenvalue weighted by atomic mass is 9.78. The second kappa shape index (κ2) is 13.8. The van der Waals surface area contributed by atoms with Crippen molar-refractivity contribution < 1.29 is 38.1 Å². The minimum atomic E-state index is -0.906. The Balaban J connectivity index is 1.20. The van der Waals surface area contributed by atoms with Crippen molar-refractivity contribution in [1.82, 2.24) is 0 Å². The molecule has 0 heterocycles. The van der Waals surface area contributed by atoms with Crippen molar-refractivity contribution in [3.8, 4) is 23.0 Å². The van der Waals surface area contributed by atoms with Gasteiger partial charge in [-0.3, -0.25) is 0 Å². The van der Waals surface area contributed by atoms with Gasteiger partial charge in [-0.05, 0) is 95.1 Å². The van der Waals surface area contributed by atoms with Gasteiger partial charge in [0.15, 0.2) is 23.0 Å². The van der Waals surface area contributed by atoms with E-state index in [1.165, 1.54) is 0 Å². The van der Waals surface area contributed by atoms with Crippen LogP contribution in [0.2, 0.25) is 0 Å². The number of esters is 4. The van der Waals surface area contributed by atoms with Crippen molar-refractivity contribution in [2.24, 2.45) is 0 Å². The van der Waals surface area contributed by atoms with Gasteiger partial charge < -0.3 is 18.9 Å². The van der Waals surface area contributed by atoms with E-state index in [1.807, 2.05) is 24.3 Å². The summed E-state index contributed by atoms with van der Waals surface area (Å²) in [7, 11) is 0. The first-order chi connectivity index (χ1) is 25.9. The zero-order valence-corrected chi connectivity index (χ0v) is 27.9. The minimum absolute atomic E-state index is 0.0379. The lowest BCUT2D eigenvalue weighted by Crippen LogP contribution is -2.21. The van der Waals surface area contributed by atoms with Gasteiger partial charge >= 0.3 is 23.9 Å². The molecule has 0 amide bonds. The predicted octanol–water partition coefficient (Wildman–Crippen LogP) is 8.90. The zero-order chi connectivity index (χ0) is 36.4. The lowest BCUT2D eigenvalue weighted by Gasteiger charge is -2.26. The first-order valence-electron chi connectivity index (χ1n) is 16.7. The van der Waals surface area contributed by atoms with Crippen LogP contribution in [0.1, 0.15) is 63.7 Å². The fourth-order valence-corrected chi connectivity index (χ4v) is 6.40. The molecule has 0 atom stereocenters. The molecule has 0 aromatic heterocycles. The van der Waals surface area contributed by atoms with E-state index in [9.17, 15) is 19.2 Å². The molecule has 0 unspecified atom stereocenters. The van der Waals surface area contributed by atoms with Crippen LogP contribution in [0.5, 0.6) is 23.0 Å². The second-order valence-electron chi connectivity index (χ2n) is 12.3. The molecule has 2 aliphatic carbocycles. The third-order valence-electron chi connectivity index (χ3n) is 9.02. The molecule has 0 saturated heterocycles. The molecule has 8 nitrogen and oxygen atoms in total. The third-order valence-corrected chi connectivity index (χ3v) is 9.02. The third kappa shape index (κ3) is 6.41. The van der Waals surface area contributed by atoms with Crippen molar-refractivity contribution in [1.29, 1.82) is 0 Å². The summed E-state index contributed by atoms with van der Waals surface area (Å²) in [6.45, 7) is 0. The number of carbonyl (C=O) groups excluding carboxylic acids is 4. The van der Waals surface area contributed by atoms with E-state index in [1.54, 1.807) is 146 Å². The maximum atomic E-state index is 13.3. The fraction of sp³-hybridized carbons (Fsp3) is 0.0222. The highest BCUT2D eigenvalue weighted by Gasteiger charge is 2.41. The quantitative estimate of drug-likeness (QED) is 0.115. The monoisotopic (exact) mass is 696 g/mol. The Morgan fingerprint density at radius 3 is 0.906 bits per heavy atom. The summed E-state index contributed by atoms with van der Waals surface area (Å²) in [5.74, 6) is -2.31. The molecule has 0 N–H and O–H groups in total. The number of hydrogen-bond donors (Lipinski definition) is 0. The van der Waals surface area contributed by atoms with E-state index in [4.69, 9.17) is 18.9 Å². The van der Waals surface area contributed by atoms with E-state index in [0.29, 0.717) is 33.4 Å². The van der Waals surface area contributed by atoms with E-state index in [2.05, 4.69) is 0 Å². The van der Waals surface area contributed by atoms with Gasteiger partial charge in [0.1, 0.15) is 0 Å². The van der Waals surface area contributed by atoms with Gasteiger partial charge in [0.25, 0.3) is 0 Å². The first kappa shape index (κ1) is 32.9. The van der Waals surface area contributed by atoms with Crippen LogP contribution in [0, 0.1) is 0 Å². The summed E-state index contributed by atoms with van der Waals surface area (Å²) in [5, 5.41) is 0. The van der Waals surface area contributed by atoms with Crippen LogP contribution in [0.4, 0.5) is 0 Å². The highest BCUT2D eigenvalue weighted by atomic mass is 16.6. The molecule has 2 aliphatic rings. The molecule has 53 heavy (non-hydrogen) atoms. The predicted molar refractivity (Wildman–Crippen MR) is 197 cm³/mol. The minimum Gasteiger partial charge on any atom is -0.419 e. The summed E-state index contributed by atoms with van der Waals surface area (Å²) < 4.78 is 23.5. The van der Waals surface area contributed by atoms with E-state index >= 15 is 0 Å². The number of hydrogen-bond acceptors (Lipinski definition) is 8. The average Bonchev–Trinajstić information content (AvgIpc) is 3.75. The van der Waals surface area contributed by atoms with Gasteiger partial charge in [-0.1, -0.05) is 97.1 Å². The van der Waals surface area contributed by atoms with Crippen molar-refractivity contribution in [3.63, 3.8) is 0 Å². The molecular weight excluding hydrogens is 668 g/mol. The molecule has 0 bridgehead atoms. The van der Waals surface area contributed by atoms with Gasteiger partial charge in [0.05, 0.1) is 27.7 Å². The summed E-state index contributed by atoms with van der Waals surface area (Å²) in [5.41, 5.74) is 3.24. The molecule has 0 saturated carbocycles. The Morgan fingerprint density at radius 1 is 0.358 bits per heavy atom. The second-order valence-corrected chi connectivity index (χ2v) is 12.3. The molecule has 0 radical (unpaired) electrons. The Labute approximate surface area is 304 Å². The van der Waals surface area contributed by atoms with Gasteiger partial charge in [-0.15, -0.1) is 0 Å². The molecule has 6 aromatic rings. The maximum absolute atomic E-state index is 13.3. The standard InChI is InChI=1S/C45H28O8/c46-41(29-13-5-1-6-14-29)50-37-25-33-21-23-45(35(33)27-39(37)52-43(48)31-17-9-3-10-18-31)24-22-34-26-38(51-42(47)30-15-7-2-8-16-30)40(28-36(34)45)53-44(49)32-19-11-4-12-20-32/h1-28H. The molecule has 8 rings (SSSR count). The van der Waals surface area contributed by atoms with Crippen LogP contribution < -0.4 is 18.9 Å². The number of ether oxygens (including phenoxy) is 4. The van der Waals surface area contributed by atoms with E-state index in [0.717, 1.165) is 11.1 Å². The molecule has 8 heteroatoms. The largest absolute Gasteiger partial charge is 0.419 e. The molecule has 256 valence electrons. The summed E-state index contributed by atoms with van der Waals surface area (Å²) in [6, 6.07) is 40.7. The first-order valence-corrected chi connectivity index (χ1v) is 16.7. The number of carbonyl (C=O) groups is 4. The van der Waals surface area contributed by atoms with Gasteiger partial charge in [0, 0.05) is 0 Å². The van der Waals surface area contributed by atoms with Crippen LogP contribution in [-0.2, 0) is 5.41 Å². The Hall–Kier alpha value is -7.32. The van der Waals surface area contributed by atoms with E-state index in [-0.39, 0.29) is 23.0 Å². The van der Waals surface area contributed by atoms with Crippen molar-refractivity contribution in [2.75, 3.05) is 0 Å². The van der Waals surface area contributed by atoms with Crippen LogP contribution >= 0.6 is 0 Å². The van der Waals surface area contributed by atoms with Gasteiger partial charge in [-0.25, -0.2) is 19.2 Å². The SMILES string of the molecule is O=C(Oc1cc2c(cc1OC(=O)c1ccccc1)C1(C=C2)C=Cc2cc(OC(=O)c3ccccc3)c(OC(=O)c3ccccc3)cc21)c1ccccc1. The Kier molecular flexibility index (Phi) is 8.54. The molecule has 6 aromatic carbocycles. The lowest BCUT2D eigenvalue weighted by molar-refractivity contribution is 0.0682. The van der Waals surface area contributed by atoms with Crippen molar-refractivity contribution >= 4 is 36.0 Å². The van der Waals surface area contributed by atoms with Crippen molar-refractivity contribution in [2.45, 2.75) is 5.41 Å². The van der Waals surface area contributed by atoms with Gasteiger partial charge in [-0.2, -0.15) is 0 Å². The van der Waals surface area contributed by atoms with Crippen LogP contribution in [0.25, 0.3) is 12.2 Å². The molecule has 1 spiro atoms. The smallest absolute Gasteiger partial charge is 0.343 e. The van der Waals surface area contributed by atoms with Crippen LogP contribution in [0.15, 0.2) is 158 Å². The Bertz CT molecular complexity index is 2280. The van der Waals surface area contributed by atoms with Crippen molar-refractivity contribution in [3.05, 3.63) is 202 Å². The number of fused-ring (bicyclic) bond motifs is 4. The highest BCUT2D eigenvalue weighted by Crippen LogP contribution is 2.53.